The topological polar surface area (TPSA) is 59.3 Å². The third-order valence-corrected chi connectivity index (χ3v) is 2.15. The van der Waals surface area contributed by atoms with Gasteiger partial charge in [-0.1, -0.05) is 0 Å². The van der Waals surface area contributed by atoms with E-state index in [1.807, 2.05) is 0 Å². The van der Waals surface area contributed by atoms with Crippen LogP contribution >= 0.6 is 0 Å². The van der Waals surface area contributed by atoms with Crippen molar-refractivity contribution in [3.8, 4) is 11.8 Å². The first-order valence-electron chi connectivity index (χ1n) is 4.89. The van der Waals surface area contributed by atoms with Gasteiger partial charge in [0.15, 0.2) is 0 Å². The summed E-state index contributed by atoms with van der Waals surface area (Å²) in [5.74, 6) is -2.17. The highest BCUT2D eigenvalue weighted by molar-refractivity contribution is 5.92. The number of ether oxygens (including phenoxy) is 2. The lowest BCUT2D eigenvalue weighted by Crippen LogP contribution is -2.17. The van der Waals surface area contributed by atoms with Crippen LogP contribution in [0.3, 0.4) is 0 Å². The molecular weight excluding hydrogens is 289 g/mol. The lowest BCUT2D eigenvalue weighted by atomic mass is 10.0. The molecule has 0 N–H and O–H groups in total. The van der Waals surface area contributed by atoms with Crippen LogP contribution in [0.2, 0.25) is 0 Å². The van der Waals surface area contributed by atoms with Crippen LogP contribution in [0.25, 0.3) is 0 Å². The maximum Gasteiger partial charge on any atom is 0.418 e. The van der Waals surface area contributed by atoms with Crippen LogP contribution in [-0.4, -0.2) is 19.7 Å². The Kier molecular flexibility index (Phi) is 4.49. The quantitative estimate of drug-likeness (QED) is 0.635. The summed E-state index contributed by atoms with van der Waals surface area (Å²) in [5.41, 5.74) is -3.65. The summed E-state index contributed by atoms with van der Waals surface area (Å²) < 4.78 is 70.7. The van der Waals surface area contributed by atoms with Crippen molar-refractivity contribution in [1.82, 2.24) is 0 Å². The molecule has 0 fully saturated rings. The van der Waals surface area contributed by atoms with E-state index < -0.39 is 41.2 Å². The molecule has 0 heterocycles. The molecule has 0 amide bonds. The number of carbonyl (C=O) groups excluding carboxylic acids is 1. The molecule has 0 radical (unpaired) electrons. The molecule has 108 valence electrons. The minimum atomic E-state index is -5.03. The zero-order chi connectivity index (χ0) is 15.5. The van der Waals surface area contributed by atoms with Crippen molar-refractivity contribution in [1.29, 1.82) is 5.26 Å². The van der Waals surface area contributed by atoms with Crippen LogP contribution < -0.4 is 4.74 Å². The third-order valence-electron chi connectivity index (χ3n) is 2.15. The first-order valence-corrected chi connectivity index (χ1v) is 4.89. The van der Waals surface area contributed by atoms with Gasteiger partial charge in [-0.2, -0.15) is 27.2 Å². The van der Waals surface area contributed by atoms with E-state index in [0.29, 0.717) is 12.1 Å². The molecule has 0 bridgehead atoms. The van der Waals surface area contributed by atoms with E-state index in [-0.39, 0.29) is 0 Å². The molecule has 20 heavy (non-hydrogen) atoms. The highest BCUT2D eigenvalue weighted by Gasteiger charge is 2.39. The van der Waals surface area contributed by atoms with Crippen molar-refractivity contribution in [2.24, 2.45) is 0 Å². The number of halogens is 5. The van der Waals surface area contributed by atoms with E-state index in [0.717, 1.165) is 7.11 Å². The minimum absolute atomic E-state index is 0.446. The lowest BCUT2D eigenvalue weighted by Gasteiger charge is -2.15. The molecular formula is C11H6F5NO3. The summed E-state index contributed by atoms with van der Waals surface area (Å²) in [6.45, 7) is -3.32. The first kappa shape index (κ1) is 15.7. The van der Waals surface area contributed by atoms with Gasteiger partial charge in [-0.3, -0.25) is 0 Å². The van der Waals surface area contributed by atoms with Crippen LogP contribution in [0, 0.1) is 11.3 Å². The van der Waals surface area contributed by atoms with Gasteiger partial charge in [-0.05, 0) is 12.1 Å². The summed E-state index contributed by atoms with van der Waals surface area (Å²) >= 11 is 0. The third kappa shape index (κ3) is 3.34. The summed E-state index contributed by atoms with van der Waals surface area (Å²) in [4.78, 5) is 11.3. The molecule has 1 aromatic rings. The minimum Gasteiger partial charge on any atom is -0.465 e. The van der Waals surface area contributed by atoms with Crippen LogP contribution in [0.4, 0.5) is 22.0 Å². The van der Waals surface area contributed by atoms with Crippen molar-refractivity contribution < 1.29 is 36.2 Å². The number of nitriles is 1. The highest BCUT2D eigenvalue weighted by Crippen LogP contribution is 2.37. The number of nitrogens with zero attached hydrogens (tertiary/aromatic N) is 1. The SMILES string of the molecule is COC(=O)c1cc(OC(F)F)cc(C#N)c1C(F)(F)F. The Hall–Kier alpha value is -2.37. The van der Waals surface area contributed by atoms with Crippen LogP contribution in [0.15, 0.2) is 12.1 Å². The molecule has 0 aliphatic carbocycles. The van der Waals surface area contributed by atoms with Gasteiger partial charge in [-0.15, -0.1) is 0 Å². The normalized spacial score (nSPS) is 11.1. The van der Waals surface area contributed by atoms with E-state index in [2.05, 4.69) is 9.47 Å². The smallest absolute Gasteiger partial charge is 0.418 e. The van der Waals surface area contributed by atoms with E-state index in [9.17, 15) is 26.7 Å². The van der Waals surface area contributed by atoms with Gasteiger partial charge in [0.05, 0.1) is 29.9 Å². The molecule has 0 spiro atoms. The fourth-order valence-corrected chi connectivity index (χ4v) is 1.45. The van der Waals surface area contributed by atoms with Gasteiger partial charge in [0.1, 0.15) is 5.75 Å². The molecule has 9 heteroatoms. The van der Waals surface area contributed by atoms with Crippen molar-refractivity contribution in [2.75, 3.05) is 7.11 Å². The van der Waals surface area contributed by atoms with E-state index in [1.165, 1.54) is 6.07 Å². The first-order chi connectivity index (χ1) is 9.20. The monoisotopic (exact) mass is 295 g/mol. The van der Waals surface area contributed by atoms with Gasteiger partial charge in [0.25, 0.3) is 0 Å². The van der Waals surface area contributed by atoms with Crippen molar-refractivity contribution >= 4 is 5.97 Å². The average molecular weight is 295 g/mol. The second-order valence-electron chi connectivity index (χ2n) is 3.37. The highest BCUT2D eigenvalue weighted by atomic mass is 19.4. The Morgan fingerprint density at radius 3 is 2.35 bits per heavy atom. The van der Waals surface area contributed by atoms with Crippen LogP contribution in [-0.2, 0) is 10.9 Å². The standard InChI is InChI=1S/C11H6F5NO3/c1-19-9(18)7-3-6(20-10(12)13)2-5(4-17)8(7)11(14,15)16/h2-3,10H,1H3. The number of benzene rings is 1. The predicted molar refractivity (Wildman–Crippen MR) is 54.1 cm³/mol. The molecule has 0 aromatic heterocycles. The Bertz CT molecular complexity index is 562. The molecule has 1 rings (SSSR count). The predicted octanol–water partition coefficient (Wildman–Crippen LogP) is 2.97. The van der Waals surface area contributed by atoms with E-state index >= 15 is 0 Å². The molecule has 0 unspecified atom stereocenters. The molecule has 0 aliphatic heterocycles. The Morgan fingerprint density at radius 2 is 1.95 bits per heavy atom. The van der Waals surface area contributed by atoms with Gasteiger partial charge in [0, 0.05) is 0 Å². The summed E-state index contributed by atoms with van der Waals surface area (Å²) in [6.07, 6.45) is -5.03. The van der Waals surface area contributed by atoms with Crippen molar-refractivity contribution in [2.45, 2.75) is 12.8 Å². The van der Waals surface area contributed by atoms with Crippen LogP contribution in [0.5, 0.6) is 5.75 Å². The molecule has 0 saturated heterocycles. The average Bonchev–Trinajstić information content (AvgIpc) is 2.34. The summed E-state index contributed by atoms with van der Waals surface area (Å²) in [5, 5.41) is 8.67. The number of esters is 1. The van der Waals surface area contributed by atoms with E-state index in [1.54, 1.807) is 0 Å². The molecule has 0 atom stereocenters. The molecule has 4 nitrogen and oxygen atoms in total. The summed E-state index contributed by atoms with van der Waals surface area (Å²) in [6, 6.07) is 2.10. The lowest BCUT2D eigenvalue weighted by molar-refractivity contribution is -0.138. The Morgan fingerprint density at radius 1 is 1.35 bits per heavy atom. The van der Waals surface area contributed by atoms with Gasteiger partial charge in [-0.25, -0.2) is 4.79 Å². The Labute approximate surface area is 109 Å². The number of rotatable bonds is 3. The van der Waals surface area contributed by atoms with Crippen molar-refractivity contribution in [3.05, 3.63) is 28.8 Å². The van der Waals surface area contributed by atoms with Gasteiger partial charge >= 0.3 is 18.8 Å². The number of hydrogen-bond donors (Lipinski definition) is 0. The number of carbonyl (C=O) groups is 1. The second-order valence-corrected chi connectivity index (χ2v) is 3.37. The van der Waals surface area contributed by atoms with Gasteiger partial charge in [0.2, 0.25) is 0 Å². The maximum atomic E-state index is 12.8. The molecule has 0 aliphatic rings. The number of alkyl halides is 5. The zero-order valence-electron chi connectivity index (χ0n) is 9.79. The van der Waals surface area contributed by atoms with E-state index in [4.69, 9.17) is 5.26 Å². The maximum absolute atomic E-state index is 12.8. The molecule has 0 saturated carbocycles. The second kappa shape index (κ2) is 5.73. The largest absolute Gasteiger partial charge is 0.465 e. The van der Waals surface area contributed by atoms with Crippen molar-refractivity contribution in [3.63, 3.8) is 0 Å². The Balaban J connectivity index is 3.57. The fourth-order valence-electron chi connectivity index (χ4n) is 1.45. The number of methoxy groups -OCH3 is 1. The zero-order valence-corrected chi connectivity index (χ0v) is 9.79. The number of hydrogen-bond acceptors (Lipinski definition) is 4. The summed E-state index contributed by atoms with van der Waals surface area (Å²) in [7, 11) is 0.815. The van der Waals surface area contributed by atoms with Gasteiger partial charge < -0.3 is 9.47 Å². The molecule has 1 aromatic carbocycles. The van der Waals surface area contributed by atoms with Crippen LogP contribution in [0.1, 0.15) is 21.5 Å². The fraction of sp³-hybridized carbons (Fsp3) is 0.273.